The van der Waals surface area contributed by atoms with Gasteiger partial charge in [-0.05, 0) is 103 Å². The van der Waals surface area contributed by atoms with Gasteiger partial charge in [0, 0.05) is 19.3 Å². The van der Waals surface area contributed by atoms with E-state index in [0.29, 0.717) is 19.3 Å². The van der Waals surface area contributed by atoms with E-state index in [1.165, 1.54) is 167 Å². The highest BCUT2D eigenvalue weighted by molar-refractivity contribution is 5.71. The maximum atomic E-state index is 12.9. The first-order valence-electron chi connectivity index (χ1n) is 32.9. The van der Waals surface area contributed by atoms with E-state index >= 15 is 0 Å². The van der Waals surface area contributed by atoms with E-state index in [-0.39, 0.29) is 37.5 Å². The molecule has 0 bridgehead atoms. The van der Waals surface area contributed by atoms with Crippen LogP contribution in [0.5, 0.6) is 0 Å². The summed E-state index contributed by atoms with van der Waals surface area (Å²) in [5.74, 6) is -0.952. The fourth-order valence-corrected chi connectivity index (χ4v) is 9.11. The molecule has 6 heteroatoms. The molecular formula is C72H122O6. The average Bonchev–Trinajstić information content (AvgIpc) is 3.44. The summed E-state index contributed by atoms with van der Waals surface area (Å²) < 4.78 is 16.9. The summed E-state index contributed by atoms with van der Waals surface area (Å²) >= 11 is 0. The molecule has 0 aliphatic rings. The maximum absolute atomic E-state index is 12.9. The molecule has 0 saturated carbocycles. The molecule has 1 atom stereocenters. The van der Waals surface area contributed by atoms with E-state index in [4.69, 9.17) is 14.2 Å². The van der Waals surface area contributed by atoms with Crippen LogP contribution in [-0.2, 0) is 28.6 Å². The number of allylic oxidation sites excluding steroid dienone is 18. The Hall–Kier alpha value is -3.93. The van der Waals surface area contributed by atoms with Crippen molar-refractivity contribution in [1.29, 1.82) is 0 Å². The highest BCUT2D eigenvalue weighted by atomic mass is 16.6. The van der Waals surface area contributed by atoms with Crippen molar-refractivity contribution < 1.29 is 28.6 Å². The van der Waals surface area contributed by atoms with Crippen LogP contribution in [0.3, 0.4) is 0 Å². The van der Waals surface area contributed by atoms with E-state index in [2.05, 4.69) is 130 Å². The van der Waals surface area contributed by atoms with Crippen molar-refractivity contribution in [3.8, 4) is 0 Å². The van der Waals surface area contributed by atoms with Crippen LogP contribution < -0.4 is 0 Å². The van der Waals surface area contributed by atoms with Gasteiger partial charge in [0.1, 0.15) is 13.2 Å². The second kappa shape index (κ2) is 65.6. The number of hydrogen-bond donors (Lipinski definition) is 0. The monoisotopic (exact) mass is 1080 g/mol. The van der Waals surface area contributed by atoms with Crippen molar-refractivity contribution in [2.75, 3.05) is 13.2 Å². The fraction of sp³-hybridized carbons (Fsp3) is 0.708. The van der Waals surface area contributed by atoms with E-state index in [9.17, 15) is 14.4 Å². The summed E-state index contributed by atoms with van der Waals surface area (Å²) in [4.78, 5) is 38.3. The molecule has 0 heterocycles. The van der Waals surface area contributed by atoms with Gasteiger partial charge in [0.2, 0.25) is 0 Å². The molecule has 0 aromatic rings. The Kier molecular flexibility index (Phi) is 62.3. The zero-order valence-corrected chi connectivity index (χ0v) is 51.2. The smallest absolute Gasteiger partial charge is 0.306 e. The van der Waals surface area contributed by atoms with Gasteiger partial charge in [0.25, 0.3) is 0 Å². The lowest BCUT2D eigenvalue weighted by Crippen LogP contribution is -2.30. The predicted octanol–water partition coefficient (Wildman–Crippen LogP) is 22.6. The molecule has 78 heavy (non-hydrogen) atoms. The summed E-state index contributed by atoms with van der Waals surface area (Å²) in [5, 5.41) is 0. The van der Waals surface area contributed by atoms with E-state index in [1.807, 2.05) is 0 Å². The molecule has 446 valence electrons. The van der Waals surface area contributed by atoms with Crippen LogP contribution in [0.25, 0.3) is 0 Å². The van der Waals surface area contributed by atoms with Crippen LogP contribution in [-0.4, -0.2) is 37.2 Å². The molecule has 0 radical (unpaired) electrons. The first-order valence-corrected chi connectivity index (χ1v) is 32.9. The highest BCUT2D eigenvalue weighted by Gasteiger charge is 2.19. The molecule has 0 aliphatic carbocycles. The highest BCUT2D eigenvalue weighted by Crippen LogP contribution is 2.16. The van der Waals surface area contributed by atoms with Gasteiger partial charge >= 0.3 is 17.9 Å². The topological polar surface area (TPSA) is 78.9 Å². The molecule has 6 nitrogen and oxygen atoms in total. The standard InChI is InChI=1S/C72H122O6/c1-4-7-10-13-16-19-22-25-27-29-31-33-35-36-38-39-41-43-45-47-50-53-56-59-62-65-71(74)77-68-69(67-76-70(73)64-61-58-55-52-49-24-21-18-15-12-9-6-3)78-72(75)66-63-60-57-54-51-48-46-44-42-40-37-34-32-30-28-26-23-20-17-14-11-8-5-2/h8,11,17,20,22,25-26,28-29,31-32,34,40,42,46,48,54,57,69H,4-7,9-10,12-16,18-19,21,23-24,27,30,33,35-39,41,43-45,47,49-53,55-56,58-68H2,1-3H3/b11-8-,20-17-,25-22-,28-26-,31-29-,34-32-,42-40-,48-46-,57-54-. The third-order valence-corrected chi connectivity index (χ3v) is 14.0. The van der Waals surface area contributed by atoms with Crippen molar-refractivity contribution in [3.63, 3.8) is 0 Å². The molecule has 0 N–H and O–H groups in total. The van der Waals surface area contributed by atoms with Gasteiger partial charge < -0.3 is 14.2 Å². The van der Waals surface area contributed by atoms with Crippen LogP contribution in [0.2, 0.25) is 0 Å². The van der Waals surface area contributed by atoms with Crippen molar-refractivity contribution >= 4 is 17.9 Å². The quantitative estimate of drug-likeness (QED) is 0.0261. The van der Waals surface area contributed by atoms with Gasteiger partial charge in [0.05, 0.1) is 0 Å². The molecule has 0 aromatic carbocycles. The Morgan fingerprint density at radius 1 is 0.269 bits per heavy atom. The normalized spacial score (nSPS) is 12.8. The van der Waals surface area contributed by atoms with Crippen LogP contribution in [0.15, 0.2) is 109 Å². The van der Waals surface area contributed by atoms with E-state index in [0.717, 1.165) is 96.3 Å². The number of unbranched alkanes of at least 4 members (excludes halogenated alkanes) is 30. The second-order valence-corrected chi connectivity index (χ2v) is 21.6. The fourth-order valence-electron chi connectivity index (χ4n) is 9.11. The molecule has 0 amide bonds. The lowest BCUT2D eigenvalue weighted by molar-refractivity contribution is -0.167. The maximum Gasteiger partial charge on any atom is 0.306 e. The van der Waals surface area contributed by atoms with Crippen molar-refractivity contribution in [3.05, 3.63) is 109 Å². The first-order chi connectivity index (χ1) is 38.5. The van der Waals surface area contributed by atoms with Gasteiger partial charge in [-0.3, -0.25) is 14.4 Å². The molecule has 0 spiro atoms. The zero-order chi connectivity index (χ0) is 56.4. The van der Waals surface area contributed by atoms with Crippen LogP contribution >= 0.6 is 0 Å². The summed E-state index contributed by atoms with van der Waals surface area (Å²) in [7, 11) is 0. The van der Waals surface area contributed by atoms with Crippen LogP contribution in [0, 0.1) is 0 Å². The third kappa shape index (κ3) is 62.9. The molecule has 0 saturated heterocycles. The van der Waals surface area contributed by atoms with Gasteiger partial charge in [-0.1, -0.05) is 297 Å². The van der Waals surface area contributed by atoms with Crippen molar-refractivity contribution in [1.82, 2.24) is 0 Å². The van der Waals surface area contributed by atoms with Gasteiger partial charge in [-0.2, -0.15) is 0 Å². The number of ether oxygens (including phenoxy) is 3. The Morgan fingerprint density at radius 2 is 0.513 bits per heavy atom. The minimum absolute atomic E-state index is 0.0996. The molecule has 0 aromatic heterocycles. The number of hydrogen-bond acceptors (Lipinski definition) is 6. The average molecular weight is 1080 g/mol. The van der Waals surface area contributed by atoms with Gasteiger partial charge in [-0.15, -0.1) is 0 Å². The Bertz CT molecular complexity index is 1570. The predicted molar refractivity (Wildman–Crippen MR) is 339 cm³/mol. The molecular weight excluding hydrogens is 961 g/mol. The number of esters is 3. The number of carbonyl (C=O) groups is 3. The van der Waals surface area contributed by atoms with Crippen LogP contribution in [0.1, 0.15) is 310 Å². The minimum atomic E-state index is -0.810. The summed E-state index contributed by atoms with van der Waals surface area (Å²) in [6.45, 7) is 6.49. The Balaban J connectivity index is 4.38. The molecule has 0 aliphatic heterocycles. The molecule has 0 fully saturated rings. The Labute approximate surface area is 482 Å². The number of carbonyl (C=O) groups excluding carboxylic acids is 3. The summed E-state index contributed by atoms with van der Waals surface area (Å²) in [5.41, 5.74) is 0. The first kappa shape index (κ1) is 74.1. The van der Waals surface area contributed by atoms with Crippen molar-refractivity contribution in [2.24, 2.45) is 0 Å². The molecule has 0 rings (SSSR count). The largest absolute Gasteiger partial charge is 0.462 e. The molecule has 1 unspecified atom stereocenters. The summed E-state index contributed by atoms with van der Waals surface area (Å²) in [6.07, 6.45) is 89.6. The third-order valence-electron chi connectivity index (χ3n) is 14.0. The van der Waals surface area contributed by atoms with Crippen LogP contribution in [0.4, 0.5) is 0 Å². The lowest BCUT2D eigenvalue weighted by Gasteiger charge is -2.18. The SMILES string of the molecule is CC/C=C\C/C=C\C/C=C\C/C=C\C/C=C\C/C=C\C/C=C\CCCC(=O)OC(COC(=O)CCCCCCCCCCCCCC)COC(=O)CCCCCCCCCCCCCCC/C=C\C/C=C\CCCCCCC. The second-order valence-electron chi connectivity index (χ2n) is 21.6. The van der Waals surface area contributed by atoms with E-state index < -0.39 is 6.10 Å². The summed E-state index contributed by atoms with van der Waals surface area (Å²) in [6, 6.07) is 0. The number of rotatable bonds is 59. The van der Waals surface area contributed by atoms with Crippen molar-refractivity contribution in [2.45, 2.75) is 316 Å². The Morgan fingerprint density at radius 3 is 0.821 bits per heavy atom. The van der Waals surface area contributed by atoms with Gasteiger partial charge in [-0.25, -0.2) is 0 Å². The van der Waals surface area contributed by atoms with Gasteiger partial charge in [0.15, 0.2) is 6.10 Å². The lowest BCUT2D eigenvalue weighted by atomic mass is 10.0. The zero-order valence-electron chi connectivity index (χ0n) is 51.2. The van der Waals surface area contributed by atoms with E-state index in [1.54, 1.807) is 0 Å². The minimum Gasteiger partial charge on any atom is -0.462 e.